The standard InChI is InChI=1S/C15H11NO3/c1-9-6-7-13-12(8-9)14(19-16-13)10-4-2-3-5-11(10)15(17)18/h2-8H,1H3,(H,17,18). The van der Waals surface area contributed by atoms with E-state index in [4.69, 9.17) is 4.52 Å². The summed E-state index contributed by atoms with van der Waals surface area (Å²) in [6.45, 7) is 1.97. The van der Waals surface area contributed by atoms with Crippen LogP contribution in [0.2, 0.25) is 0 Å². The van der Waals surface area contributed by atoms with Gasteiger partial charge in [0.1, 0.15) is 5.52 Å². The van der Waals surface area contributed by atoms with E-state index in [1.165, 1.54) is 0 Å². The van der Waals surface area contributed by atoms with E-state index in [9.17, 15) is 9.90 Å². The zero-order chi connectivity index (χ0) is 13.4. The monoisotopic (exact) mass is 253 g/mol. The Labute approximate surface area is 109 Å². The molecule has 0 saturated carbocycles. The molecular weight excluding hydrogens is 242 g/mol. The van der Waals surface area contributed by atoms with Crippen LogP contribution < -0.4 is 0 Å². The van der Waals surface area contributed by atoms with Gasteiger partial charge < -0.3 is 9.63 Å². The van der Waals surface area contributed by atoms with Crippen molar-refractivity contribution >= 4 is 16.9 Å². The SMILES string of the molecule is Cc1ccc2noc(-c3ccccc3C(=O)O)c2c1. The smallest absolute Gasteiger partial charge is 0.336 e. The van der Waals surface area contributed by atoms with Gasteiger partial charge in [-0.25, -0.2) is 4.79 Å². The van der Waals surface area contributed by atoms with Crippen LogP contribution in [0.25, 0.3) is 22.2 Å². The minimum atomic E-state index is -0.979. The number of hydrogen-bond donors (Lipinski definition) is 1. The number of aromatic carboxylic acids is 1. The molecule has 0 saturated heterocycles. The quantitative estimate of drug-likeness (QED) is 0.759. The Bertz CT molecular complexity index is 774. The van der Waals surface area contributed by atoms with E-state index in [1.54, 1.807) is 24.3 Å². The summed E-state index contributed by atoms with van der Waals surface area (Å²) >= 11 is 0. The number of aromatic nitrogens is 1. The van der Waals surface area contributed by atoms with Crippen molar-refractivity contribution < 1.29 is 14.4 Å². The molecule has 3 rings (SSSR count). The van der Waals surface area contributed by atoms with Crippen LogP contribution in [0.4, 0.5) is 0 Å². The zero-order valence-corrected chi connectivity index (χ0v) is 10.3. The fourth-order valence-corrected chi connectivity index (χ4v) is 2.12. The van der Waals surface area contributed by atoms with Crippen molar-refractivity contribution in [1.29, 1.82) is 0 Å². The topological polar surface area (TPSA) is 63.3 Å². The summed E-state index contributed by atoms with van der Waals surface area (Å²) in [6, 6.07) is 12.5. The number of fused-ring (bicyclic) bond motifs is 1. The molecule has 0 bridgehead atoms. The second-order valence-corrected chi connectivity index (χ2v) is 4.38. The maximum atomic E-state index is 11.3. The number of benzene rings is 2. The molecule has 0 aliphatic rings. The Balaban J connectivity index is 2.31. The molecule has 0 unspecified atom stereocenters. The molecule has 0 fully saturated rings. The summed E-state index contributed by atoms with van der Waals surface area (Å²) in [5.74, 6) is -0.482. The Hall–Kier alpha value is -2.62. The summed E-state index contributed by atoms with van der Waals surface area (Å²) in [6.07, 6.45) is 0. The normalized spacial score (nSPS) is 10.8. The predicted octanol–water partition coefficient (Wildman–Crippen LogP) is 3.50. The molecule has 0 radical (unpaired) electrons. The molecule has 1 N–H and O–H groups in total. The van der Waals surface area contributed by atoms with Gasteiger partial charge in [0, 0.05) is 10.9 Å². The fraction of sp³-hybridized carbons (Fsp3) is 0.0667. The number of carbonyl (C=O) groups is 1. The van der Waals surface area contributed by atoms with Crippen LogP contribution >= 0.6 is 0 Å². The van der Waals surface area contributed by atoms with Gasteiger partial charge in [-0.3, -0.25) is 0 Å². The van der Waals surface area contributed by atoms with Gasteiger partial charge >= 0.3 is 5.97 Å². The summed E-state index contributed by atoms with van der Waals surface area (Å²) in [4.78, 5) is 11.3. The minimum absolute atomic E-state index is 0.210. The van der Waals surface area contributed by atoms with Gasteiger partial charge in [0.05, 0.1) is 5.56 Å². The zero-order valence-electron chi connectivity index (χ0n) is 10.3. The summed E-state index contributed by atoms with van der Waals surface area (Å²) < 4.78 is 5.33. The van der Waals surface area contributed by atoms with E-state index in [0.29, 0.717) is 11.3 Å². The Kier molecular flexibility index (Phi) is 2.56. The third kappa shape index (κ3) is 1.87. The molecule has 1 aromatic heterocycles. The molecule has 0 aliphatic carbocycles. The van der Waals surface area contributed by atoms with Crippen molar-refractivity contribution in [3.8, 4) is 11.3 Å². The van der Waals surface area contributed by atoms with Crippen LogP contribution in [0.1, 0.15) is 15.9 Å². The first-order valence-corrected chi connectivity index (χ1v) is 5.85. The summed E-state index contributed by atoms with van der Waals surface area (Å²) in [7, 11) is 0. The highest BCUT2D eigenvalue weighted by Crippen LogP contribution is 2.31. The highest BCUT2D eigenvalue weighted by molar-refractivity contribution is 6.00. The maximum Gasteiger partial charge on any atom is 0.336 e. The van der Waals surface area contributed by atoms with E-state index in [2.05, 4.69) is 5.16 Å². The van der Waals surface area contributed by atoms with Crippen molar-refractivity contribution in [1.82, 2.24) is 5.16 Å². The van der Waals surface area contributed by atoms with Crippen molar-refractivity contribution in [3.05, 3.63) is 53.6 Å². The molecule has 4 nitrogen and oxygen atoms in total. The minimum Gasteiger partial charge on any atom is -0.478 e. The van der Waals surface area contributed by atoms with E-state index >= 15 is 0 Å². The van der Waals surface area contributed by atoms with Gasteiger partial charge in [0.2, 0.25) is 0 Å². The van der Waals surface area contributed by atoms with Crippen LogP contribution in [0.5, 0.6) is 0 Å². The van der Waals surface area contributed by atoms with Crippen molar-refractivity contribution in [2.75, 3.05) is 0 Å². The van der Waals surface area contributed by atoms with Gasteiger partial charge in [0.15, 0.2) is 5.76 Å². The van der Waals surface area contributed by atoms with Crippen LogP contribution in [0.3, 0.4) is 0 Å². The van der Waals surface area contributed by atoms with Crippen molar-refractivity contribution in [2.45, 2.75) is 6.92 Å². The molecule has 0 amide bonds. The van der Waals surface area contributed by atoms with E-state index in [-0.39, 0.29) is 5.56 Å². The number of rotatable bonds is 2. The fourth-order valence-electron chi connectivity index (χ4n) is 2.12. The molecule has 0 atom stereocenters. The molecule has 2 aromatic carbocycles. The summed E-state index contributed by atoms with van der Waals surface area (Å²) in [5.41, 5.74) is 2.55. The van der Waals surface area contributed by atoms with Gasteiger partial charge in [0.25, 0.3) is 0 Å². The van der Waals surface area contributed by atoms with E-state index < -0.39 is 5.97 Å². The Morgan fingerprint density at radius 1 is 1.21 bits per heavy atom. The Morgan fingerprint density at radius 2 is 2.00 bits per heavy atom. The average Bonchev–Trinajstić information content (AvgIpc) is 2.81. The van der Waals surface area contributed by atoms with Gasteiger partial charge in [-0.2, -0.15) is 0 Å². The third-order valence-electron chi connectivity index (χ3n) is 3.03. The predicted molar refractivity (Wildman–Crippen MR) is 71.1 cm³/mol. The highest BCUT2D eigenvalue weighted by Gasteiger charge is 2.17. The first-order chi connectivity index (χ1) is 9.16. The molecule has 0 aliphatic heterocycles. The highest BCUT2D eigenvalue weighted by atomic mass is 16.5. The molecule has 19 heavy (non-hydrogen) atoms. The maximum absolute atomic E-state index is 11.3. The van der Waals surface area contributed by atoms with Crippen LogP contribution in [0, 0.1) is 6.92 Å². The largest absolute Gasteiger partial charge is 0.478 e. The van der Waals surface area contributed by atoms with Gasteiger partial charge in [-0.15, -0.1) is 0 Å². The molecule has 3 aromatic rings. The number of aryl methyl sites for hydroxylation is 1. The summed E-state index contributed by atoms with van der Waals surface area (Å²) in [5, 5.41) is 14.0. The van der Waals surface area contributed by atoms with Crippen molar-refractivity contribution in [2.24, 2.45) is 0 Å². The lowest BCUT2D eigenvalue weighted by Gasteiger charge is -2.02. The number of hydrogen-bond acceptors (Lipinski definition) is 3. The van der Waals surface area contributed by atoms with Crippen molar-refractivity contribution in [3.63, 3.8) is 0 Å². The average molecular weight is 253 g/mol. The lowest BCUT2D eigenvalue weighted by Crippen LogP contribution is -1.98. The number of carboxylic acid groups (broad SMARTS) is 1. The lowest BCUT2D eigenvalue weighted by molar-refractivity contribution is 0.0697. The first-order valence-electron chi connectivity index (χ1n) is 5.85. The Morgan fingerprint density at radius 3 is 2.79 bits per heavy atom. The van der Waals surface area contributed by atoms with E-state index in [1.807, 2.05) is 25.1 Å². The third-order valence-corrected chi connectivity index (χ3v) is 3.03. The van der Waals surface area contributed by atoms with E-state index in [0.717, 1.165) is 16.5 Å². The number of carboxylic acids is 1. The first kappa shape index (κ1) is 11.5. The molecule has 1 heterocycles. The molecule has 94 valence electrons. The number of nitrogens with zero attached hydrogens (tertiary/aromatic N) is 1. The van der Waals surface area contributed by atoms with Gasteiger partial charge in [-0.05, 0) is 25.1 Å². The van der Waals surface area contributed by atoms with Crippen LogP contribution in [-0.4, -0.2) is 16.2 Å². The van der Waals surface area contributed by atoms with Gasteiger partial charge in [-0.1, -0.05) is 35.0 Å². The second kappa shape index (κ2) is 4.24. The second-order valence-electron chi connectivity index (χ2n) is 4.38. The molecular formula is C15H11NO3. The van der Waals surface area contributed by atoms with Crippen LogP contribution in [-0.2, 0) is 0 Å². The molecule has 4 heteroatoms. The lowest BCUT2D eigenvalue weighted by atomic mass is 10.0. The van der Waals surface area contributed by atoms with Crippen LogP contribution in [0.15, 0.2) is 47.0 Å². The molecule has 0 spiro atoms.